The first-order valence-electron chi connectivity index (χ1n) is 9.96. The first kappa shape index (κ1) is 21.8. The van der Waals surface area contributed by atoms with E-state index in [1.807, 2.05) is 12.1 Å². The fourth-order valence-corrected chi connectivity index (χ4v) is 8.33. The molecule has 0 spiro atoms. The molecule has 0 radical (unpaired) electrons. The van der Waals surface area contributed by atoms with Crippen LogP contribution < -0.4 is 10.4 Å². The van der Waals surface area contributed by atoms with Crippen molar-refractivity contribution >= 4 is 18.7 Å². The van der Waals surface area contributed by atoms with E-state index in [1.54, 1.807) is 0 Å². The highest BCUT2D eigenvalue weighted by atomic mass is 28.4. The van der Waals surface area contributed by atoms with Gasteiger partial charge in [-0.25, -0.2) is 0 Å². The smallest absolute Gasteiger partial charge is 0.261 e. The number of aliphatic hydroxyl groups is 2. The lowest BCUT2D eigenvalue weighted by atomic mass is 10.1. The second-order valence-electron chi connectivity index (χ2n) is 8.17. The Labute approximate surface area is 165 Å². The summed E-state index contributed by atoms with van der Waals surface area (Å²) in [6.45, 7) is 7.50. The van der Waals surface area contributed by atoms with Gasteiger partial charge in [-0.2, -0.15) is 0 Å². The van der Waals surface area contributed by atoms with Crippen molar-refractivity contribution in [3.05, 3.63) is 60.7 Å². The molecule has 0 saturated carbocycles. The highest BCUT2D eigenvalue weighted by Gasteiger charge is 2.49. The minimum Gasteiger partial charge on any atom is -0.407 e. The molecule has 0 aliphatic rings. The van der Waals surface area contributed by atoms with Gasteiger partial charge in [0.1, 0.15) is 0 Å². The van der Waals surface area contributed by atoms with Gasteiger partial charge in [-0.15, -0.1) is 0 Å². The summed E-state index contributed by atoms with van der Waals surface area (Å²) in [5, 5.41) is 21.7. The maximum Gasteiger partial charge on any atom is 0.261 e. The van der Waals surface area contributed by atoms with Gasteiger partial charge in [-0.05, 0) is 41.1 Å². The highest BCUT2D eigenvalue weighted by molar-refractivity contribution is 6.99. The normalized spacial score (nSPS) is 13.5. The van der Waals surface area contributed by atoms with Gasteiger partial charge < -0.3 is 14.6 Å². The van der Waals surface area contributed by atoms with Crippen LogP contribution in [0, 0.1) is 0 Å². The molecule has 2 N–H and O–H groups in total. The van der Waals surface area contributed by atoms with E-state index in [-0.39, 0.29) is 17.7 Å². The van der Waals surface area contributed by atoms with Gasteiger partial charge in [0.2, 0.25) is 0 Å². The van der Waals surface area contributed by atoms with Crippen molar-refractivity contribution in [2.24, 2.45) is 0 Å². The molecular weight excluding hydrogens is 352 g/mol. The molecule has 2 aromatic rings. The van der Waals surface area contributed by atoms with E-state index in [0.717, 1.165) is 12.8 Å². The number of unbranched alkanes of at least 4 members (excludes halogenated alkanes) is 1. The average molecular weight is 387 g/mol. The Morgan fingerprint density at radius 3 is 1.81 bits per heavy atom. The van der Waals surface area contributed by atoms with Crippen LogP contribution in [-0.4, -0.2) is 37.8 Å². The van der Waals surface area contributed by atoms with Crippen LogP contribution in [-0.2, 0) is 4.43 Å². The van der Waals surface area contributed by atoms with Gasteiger partial charge in [-0.3, -0.25) is 0 Å². The van der Waals surface area contributed by atoms with E-state index < -0.39 is 8.32 Å². The van der Waals surface area contributed by atoms with Crippen LogP contribution in [0.2, 0.25) is 5.04 Å². The fourth-order valence-electron chi connectivity index (χ4n) is 3.75. The zero-order chi connectivity index (χ0) is 19.8. The van der Waals surface area contributed by atoms with E-state index in [9.17, 15) is 5.11 Å². The topological polar surface area (TPSA) is 49.7 Å². The molecule has 0 aliphatic carbocycles. The minimum atomic E-state index is -2.51. The van der Waals surface area contributed by atoms with Gasteiger partial charge in [0.05, 0.1) is 6.10 Å². The van der Waals surface area contributed by atoms with Crippen molar-refractivity contribution in [1.82, 2.24) is 0 Å². The minimum absolute atomic E-state index is 0.0441. The molecule has 148 valence electrons. The predicted octanol–water partition coefficient (Wildman–Crippen LogP) is 3.48. The molecule has 0 saturated heterocycles. The molecular formula is C23H34O3Si. The lowest BCUT2D eigenvalue weighted by Crippen LogP contribution is -2.66. The van der Waals surface area contributed by atoms with Crippen molar-refractivity contribution in [2.75, 3.05) is 13.2 Å². The lowest BCUT2D eigenvalue weighted by Gasteiger charge is -2.43. The van der Waals surface area contributed by atoms with E-state index in [2.05, 4.69) is 69.3 Å². The molecule has 0 amide bonds. The van der Waals surface area contributed by atoms with Crippen LogP contribution in [0.15, 0.2) is 60.7 Å². The summed E-state index contributed by atoms with van der Waals surface area (Å²) in [5.41, 5.74) is 0. The molecule has 0 bridgehead atoms. The first-order chi connectivity index (χ1) is 12.9. The number of rotatable bonds is 10. The third kappa shape index (κ3) is 5.52. The quantitative estimate of drug-likeness (QED) is 0.485. The van der Waals surface area contributed by atoms with Crippen LogP contribution in [0.1, 0.15) is 46.5 Å². The number of benzene rings is 2. The maximum absolute atomic E-state index is 10.3. The first-order valence-corrected chi connectivity index (χ1v) is 11.9. The van der Waals surface area contributed by atoms with E-state index in [0.29, 0.717) is 19.4 Å². The Bertz CT molecular complexity index is 613. The predicted molar refractivity (Wildman–Crippen MR) is 115 cm³/mol. The molecule has 0 unspecified atom stereocenters. The highest BCUT2D eigenvalue weighted by Crippen LogP contribution is 2.36. The standard InChI is InChI=1S/C23H34O3Si/c1-23(2,3)27(21-13-6-4-7-14-21,22-15-8-5-9-16-22)26-19-17-20(25)12-10-11-18-24/h4-9,13-16,20,24-25H,10-12,17-19H2,1-3H3/t20-/m0/s1. The van der Waals surface area contributed by atoms with Crippen LogP contribution in [0.5, 0.6) is 0 Å². The summed E-state index contributed by atoms with van der Waals surface area (Å²) in [7, 11) is -2.51. The van der Waals surface area contributed by atoms with Crippen LogP contribution in [0.3, 0.4) is 0 Å². The van der Waals surface area contributed by atoms with Crippen LogP contribution in [0.4, 0.5) is 0 Å². The summed E-state index contributed by atoms with van der Waals surface area (Å²) in [6.07, 6.45) is 2.54. The number of hydrogen-bond donors (Lipinski definition) is 2. The lowest BCUT2D eigenvalue weighted by molar-refractivity contribution is 0.123. The third-order valence-corrected chi connectivity index (χ3v) is 10.2. The monoisotopic (exact) mass is 386 g/mol. The molecule has 2 aromatic carbocycles. The molecule has 0 heterocycles. The molecule has 4 heteroatoms. The van der Waals surface area contributed by atoms with Gasteiger partial charge in [0, 0.05) is 13.2 Å². The van der Waals surface area contributed by atoms with Gasteiger partial charge >= 0.3 is 0 Å². The van der Waals surface area contributed by atoms with E-state index >= 15 is 0 Å². The number of hydrogen-bond acceptors (Lipinski definition) is 3. The molecule has 27 heavy (non-hydrogen) atoms. The second-order valence-corrected chi connectivity index (χ2v) is 12.5. The average Bonchev–Trinajstić information content (AvgIpc) is 2.66. The van der Waals surface area contributed by atoms with E-state index in [1.165, 1.54) is 10.4 Å². The van der Waals surface area contributed by atoms with Gasteiger partial charge in [-0.1, -0.05) is 81.4 Å². The van der Waals surface area contributed by atoms with Crippen molar-refractivity contribution in [3.63, 3.8) is 0 Å². The van der Waals surface area contributed by atoms with Crippen LogP contribution >= 0.6 is 0 Å². The zero-order valence-electron chi connectivity index (χ0n) is 16.9. The summed E-state index contributed by atoms with van der Waals surface area (Å²) in [5.74, 6) is 0. The molecule has 0 aromatic heterocycles. The van der Waals surface area contributed by atoms with Gasteiger partial charge in [0.15, 0.2) is 0 Å². The Hall–Kier alpha value is -1.46. The van der Waals surface area contributed by atoms with Crippen LogP contribution in [0.25, 0.3) is 0 Å². The Morgan fingerprint density at radius 1 is 0.852 bits per heavy atom. The summed E-state index contributed by atoms with van der Waals surface area (Å²) in [6, 6.07) is 21.1. The maximum atomic E-state index is 10.3. The van der Waals surface area contributed by atoms with Gasteiger partial charge in [0.25, 0.3) is 8.32 Å². The van der Waals surface area contributed by atoms with E-state index in [4.69, 9.17) is 9.53 Å². The molecule has 0 fully saturated rings. The zero-order valence-corrected chi connectivity index (χ0v) is 17.9. The molecule has 3 nitrogen and oxygen atoms in total. The summed E-state index contributed by atoms with van der Waals surface area (Å²) < 4.78 is 6.77. The Morgan fingerprint density at radius 2 is 1.37 bits per heavy atom. The molecule has 2 rings (SSSR count). The van der Waals surface area contributed by atoms with Crippen molar-refractivity contribution in [3.8, 4) is 0 Å². The molecule has 1 atom stereocenters. The largest absolute Gasteiger partial charge is 0.407 e. The Balaban J connectivity index is 2.27. The third-order valence-electron chi connectivity index (χ3n) is 5.13. The summed E-state index contributed by atoms with van der Waals surface area (Å²) >= 11 is 0. The van der Waals surface area contributed by atoms with Crippen molar-refractivity contribution in [2.45, 2.75) is 57.6 Å². The second kappa shape index (κ2) is 10.2. The number of aliphatic hydroxyl groups excluding tert-OH is 2. The van der Waals surface area contributed by atoms with Crippen molar-refractivity contribution in [1.29, 1.82) is 0 Å². The fraction of sp³-hybridized carbons (Fsp3) is 0.478. The SMILES string of the molecule is CC(C)(C)[Si](OCC[C@@H](O)CCCCO)(c1ccccc1)c1ccccc1. The molecule has 0 aliphatic heterocycles. The van der Waals surface area contributed by atoms with Crippen molar-refractivity contribution < 1.29 is 14.6 Å². The summed E-state index contributed by atoms with van der Waals surface area (Å²) in [4.78, 5) is 0. The Kier molecular flexibility index (Phi) is 8.23.